The second-order valence-corrected chi connectivity index (χ2v) is 4.24. The lowest BCUT2D eigenvalue weighted by atomic mass is 9.93. The number of benzene rings is 1. The van der Waals surface area contributed by atoms with E-state index in [2.05, 4.69) is 5.32 Å². The zero-order chi connectivity index (χ0) is 10.7. The van der Waals surface area contributed by atoms with Gasteiger partial charge in [-0.1, -0.05) is 12.1 Å². The maximum Gasteiger partial charge on any atom is 0.0576 e. The largest absolute Gasteiger partial charge is 0.397 e. The van der Waals surface area contributed by atoms with Gasteiger partial charge in [0.25, 0.3) is 0 Å². The molecule has 0 unspecified atom stereocenters. The van der Waals surface area contributed by atoms with Crippen molar-refractivity contribution in [1.29, 1.82) is 0 Å². The Labute approximate surface area is 90.3 Å². The molecule has 0 radical (unpaired) electrons. The number of nitrogen functional groups attached to an aromatic ring is 1. The van der Waals surface area contributed by atoms with Gasteiger partial charge in [-0.3, -0.25) is 0 Å². The molecule has 0 heterocycles. The van der Waals surface area contributed by atoms with Crippen molar-refractivity contribution in [2.24, 2.45) is 0 Å². The first-order valence-electron chi connectivity index (χ1n) is 5.55. The highest BCUT2D eigenvalue weighted by Crippen LogP contribution is 2.24. The summed E-state index contributed by atoms with van der Waals surface area (Å²) in [4.78, 5) is 0. The Kier molecular flexibility index (Phi) is 3.11. The van der Waals surface area contributed by atoms with Crippen molar-refractivity contribution in [2.45, 2.75) is 37.8 Å². The SMILES string of the molecule is Nc1ccccc1N[C@H]1CC[C@H](O)CC1. The molecule has 3 heteroatoms. The van der Waals surface area contributed by atoms with E-state index in [1.165, 1.54) is 0 Å². The smallest absolute Gasteiger partial charge is 0.0576 e. The molecule has 2 rings (SSSR count). The third kappa shape index (κ3) is 2.63. The van der Waals surface area contributed by atoms with E-state index < -0.39 is 0 Å². The molecule has 0 amide bonds. The molecule has 4 N–H and O–H groups in total. The summed E-state index contributed by atoms with van der Waals surface area (Å²) in [7, 11) is 0. The van der Waals surface area contributed by atoms with Gasteiger partial charge in [0, 0.05) is 6.04 Å². The van der Waals surface area contributed by atoms with Crippen molar-refractivity contribution >= 4 is 11.4 Å². The summed E-state index contributed by atoms with van der Waals surface area (Å²) < 4.78 is 0. The van der Waals surface area contributed by atoms with Crippen LogP contribution in [0.3, 0.4) is 0 Å². The van der Waals surface area contributed by atoms with E-state index in [0.717, 1.165) is 37.1 Å². The Morgan fingerprint density at radius 3 is 2.47 bits per heavy atom. The summed E-state index contributed by atoms with van der Waals surface area (Å²) in [5.41, 5.74) is 7.66. The van der Waals surface area contributed by atoms with Gasteiger partial charge in [0.05, 0.1) is 17.5 Å². The number of hydrogen-bond acceptors (Lipinski definition) is 3. The summed E-state index contributed by atoms with van der Waals surface area (Å²) in [6.45, 7) is 0. The molecule has 1 saturated carbocycles. The first-order chi connectivity index (χ1) is 7.25. The lowest BCUT2D eigenvalue weighted by molar-refractivity contribution is 0.126. The van der Waals surface area contributed by atoms with E-state index in [1.54, 1.807) is 0 Å². The van der Waals surface area contributed by atoms with Crippen LogP contribution in [0.25, 0.3) is 0 Å². The van der Waals surface area contributed by atoms with Crippen LogP contribution in [-0.2, 0) is 0 Å². The highest BCUT2D eigenvalue weighted by Gasteiger charge is 2.19. The van der Waals surface area contributed by atoms with Crippen LogP contribution in [0, 0.1) is 0 Å². The molecule has 0 spiro atoms. The summed E-state index contributed by atoms with van der Waals surface area (Å²) >= 11 is 0. The van der Waals surface area contributed by atoms with Gasteiger partial charge < -0.3 is 16.2 Å². The zero-order valence-corrected chi connectivity index (χ0v) is 8.82. The second-order valence-electron chi connectivity index (χ2n) is 4.24. The average molecular weight is 206 g/mol. The van der Waals surface area contributed by atoms with E-state index in [9.17, 15) is 5.11 Å². The van der Waals surface area contributed by atoms with Crippen molar-refractivity contribution in [2.75, 3.05) is 11.1 Å². The number of aliphatic hydroxyl groups is 1. The first kappa shape index (κ1) is 10.3. The van der Waals surface area contributed by atoms with Gasteiger partial charge in [-0.15, -0.1) is 0 Å². The van der Waals surface area contributed by atoms with E-state index in [4.69, 9.17) is 5.73 Å². The van der Waals surface area contributed by atoms with Crippen molar-refractivity contribution in [3.8, 4) is 0 Å². The van der Waals surface area contributed by atoms with Crippen LogP contribution in [0.5, 0.6) is 0 Å². The van der Waals surface area contributed by atoms with Crippen LogP contribution in [0.15, 0.2) is 24.3 Å². The standard InChI is InChI=1S/C12H18N2O/c13-11-3-1-2-4-12(11)14-9-5-7-10(15)8-6-9/h1-4,9-10,14-15H,5-8,13H2/t9-,10-. The third-order valence-electron chi connectivity index (χ3n) is 3.02. The molecule has 0 bridgehead atoms. The quantitative estimate of drug-likeness (QED) is 0.648. The number of nitrogens with one attached hydrogen (secondary N) is 1. The normalized spacial score (nSPS) is 26.2. The predicted molar refractivity (Wildman–Crippen MR) is 62.7 cm³/mol. The molecule has 1 aromatic rings. The molecule has 1 aliphatic rings. The third-order valence-corrected chi connectivity index (χ3v) is 3.02. The average Bonchev–Trinajstić information content (AvgIpc) is 2.25. The molecule has 82 valence electrons. The van der Waals surface area contributed by atoms with Crippen LogP contribution in [-0.4, -0.2) is 17.3 Å². The maximum absolute atomic E-state index is 9.40. The number of para-hydroxylation sites is 2. The summed E-state index contributed by atoms with van der Waals surface area (Å²) in [5, 5.41) is 12.8. The van der Waals surface area contributed by atoms with Gasteiger partial charge in [-0.05, 0) is 37.8 Å². The Hall–Kier alpha value is -1.22. The Morgan fingerprint density at radius 1 is 1.13 bits per heavy atom. The maximum atomic E-state index is 9.40. The Balaban J connectivity index is 1.95. The van der Waals surface area contributed by atoms with Crippen molar-refractivity contribution < 1.29 is 5.11 Å². The van der Waals surface area contributed by atoms with Crippen LogP contribution >= 0.6 is 0 Å². The molecule has 3 nitrogen and oxygen atoms in total. The van der Waals surface area contributed by atoms with Gasteiger partial charge in [0.2, 0.25) is 0 Å². The molecule has 0 aromatic heterocycles. The fourth-order valence-electron chi connectivity index (χ4n) is 2.07. The minimum absolute atomic E-state index is 0.101. The first-order valence-corrected chi connectivity index (χ1v) is 5.55. The molecule has 0 aliphatic heterocycles. The molecule has 1 aliphatic carbocycles. The number of hydrogen-bond donors (Lipinski definition) is 3. The van der Waals surface area contributed by atoms with E-state index >= 15 is 0 Å². The Bertz CT molecular complexity index is 319. The summed E-state index contributed by atoms with van der Waals surface area (Å²) in [5.74, 6) is 0. The van der Waals surface area contributed by atoms with Crippen LogP contribution in [0.1, 0.15) is 25.7 Å². The monoisotopic (exact) mass is 206 g/mol. The van der Waals surface area contributed by atoms with Gasteiger partial charge in [0.15, 0.2) is 0 Å². The summed E-state index contributed by atoms with van der Waals surface area (Å²) in [6.07, 6.45) is 3.73. The van der Waals surface area contributed by atoms with Gasteiger partial charge in [-0.2, -0.15) is 0 Å². The van der Waals surface area contributed by atoms with Gasteiger partial charge >= 0.3 is 0 Å². The molecular formula is C12H18N2O. The fourth-order valence-corrected chi connectivity index (χ4v) is 2.07. The van der Waals surface area contributed by atoms with Crippen molar-refractivity contribution in [1.82, 2.24) is 0 Å². The minimum atomic E-state index is -0.101. The topological polar surface area (TPSA) is 58.3 Å². The molecule has 1 fully saturated rings. The molecule has 15 heavy (non-hydrogen) atoms. The van der Waals surface area contributed by atoms with Crippen molar-refractivity contribution in [3.05, 3.63) is 24.3 Å². The molecule has 1 aromatic carbocycles. The number of aliphatic hydroxyl groups excluding tert-OH is 1. The lowest BCUT2D eigenvalue weighted by Gasteiger charge is -2.27. The molecule has 0 saturated heterocycles. The Morgan fingerprint density at radius 2 is 1.80 bits per heavy atom. The second kappa shape index (κ2) is 4.53. The molecular weight excluding hydrogens is 188 g/mol. The predicted octanol–water partition coefficient (Wildman–Crippen LogP) is 1.98. The number of rotatable bonds is 2. The van der Waals surface area contributed by atoms with E-state index in [1.807, 2.05) is 24.3 Å². The van der Waals surface area contributed by atoms with Gasteiger partial charge in [0.1, 0.15) is 0 Å². The summed E-state index contributed by atoms with van der Waals surface area (Å²) in [6, 6.07) is 8.28. The number of nitrogens with two attached hydrogens (primary N) is 1. The highest BCUT2D eigenvalue weighted by atomic mass is 16.3. The van der Waals surface area contributed by atoms with Crippen LogP contribution in [0.2, 0.25) is 0 Å². The van der Waals surface area contributed by atoms with Crippen LogP contribution in [0.4, 0.5) is 11.4 Å². The van der Waals surface area contributed by atoms with E-state index in [0.29, 0.717) is 6.04 Å². The van der Waals surface area contributed by atoms with Crippen LogP contribution < -0.4 is 11.1 Å². The zero-order valence-electron chi connectivity index (χ0n) is 8.82. The lowest BCUT2D eigenvalue weighted by Crippen LogP contribution is -2.28. The van der Waals surface area contributed by atoms with E-state index in [-0.39, 0.29) is 6.10 Å². The minimum Gasteiger partial charge on any atom is -0.397 e. The van der Waals surface area contributed by atoms with Gasteiger partial charge in [-0.25, -0.2) is 0 Å². The number of anilines is 2. The highest BCUT2D eigenvalue weighted by molar-refractivity contribution is 5.65. The van der Waals surface area contributed by atoms with Crippen molar-refractivity contribution in [3.63, 3.8) is 0 Å². The molecule has 0 atom stereocenters. The fraction of sp³-hybridized carbons (Fsp3) is 0.500.